The van der Waals surface area contributed by atoms with Crippen LogP contribution in [0.3, 0.4) is 0 Å². The maximum Gasteiger partial charge on any atom is 0.225 e. The summed E-state index contributed by atoms with van der Waals surface area (Å²) >= 11 is 5.46. The number of fused-ring (bicyclic) bond motifs is 1. The molecule has 2 rings (SSSR count). The zero-order chi connectivity index (χ0) is 8.55. The Balaban J connectivity index is 2.89. The number of rotatable bonds is 0. The second-order valence-corrected chi connectivity index (χ2v) is 2.64. The Bertz CT molecular complexity index is 430. The molecule has 0 bridgehead atoms. The number of nitrogens with zero attached hydrogens (tertiary/aromatic N) is 2. The molecule has 1 aromatic heterocycles. The Morgan fingerprint density at radius 3 is 2.75 bits per heavy atom. The van der Waals surface area contributed by atoms with E-state index in [0.29, 0.717) is 10.9 Å². The van der Waals surface area contributed by atoms with Crippen molar-refractivity contribution in [2.45, 2.75) is 0 Å². The standard InChI is InChI=1S/C8H4ClFN2/c9-8-11-6-4-2-1-3-5(6)7(10)12-8/h1-4H. The minimum atomic E-state index is -0.578. The smallest absolute Gasteiger partial charge is 0.218 e. The second kappa shape index (κ2) is 2.68. The number of benzene rings is 1. The lowest BCUT2D eigenvalue weighted by atomic mass is 10.2. The van der Waals surface area contributed by atoms with Gasteiger partial charge in [-0.2, -0.15) is 9.37 Å². The van der Waals surface area contributed by atoms with Crippen molar-refractivity contribution in [1.82, 2.24) is 9.97 Å². The lowest BCUT2D eigenvalue weighted by Crippen LogP contribution is -1.89. The quantitative estimate of drug-likeness (QED) is 0.462. The van der Waals surface area contributed by atoms with Gasteiger partial charge in [-0.1, -0.05) is 12.1 Å². The molecule has 4 heteroatoms. The largest absolute Gasteiger partial charge is 0.225 e. The Morgan fingerprint density at radius 2 is 1.92 bits per heavy atom. The molecule has 0 fully saturated rings. The van der Waals surface area contributed by atoms with E-state index in [2.05, 4.69) is 9.97 Å². The van der Waals surface area contributed by atoms with Crippen LogP contribution >= 0.6 is 11.6 Å². The fourth-order valence-corrected chi connectivity index (χ4v) is 1.18. The van der Waals surface area contributed by atoms with E-state index in [0.717, 1.165) is 0 Å². The molecule has 0 unspecified atom stereocenters. The van der Waals surface area contributed by atoms with Crippen LogP contribution in [0.25, 0.3) is 10.9 Å². The van der Waals surface area contributed by atoms with Gasteiger partial charge in [0, 0.05) is 0 Å². The molecule has 0 aliphatic rings. The average molecular weight is 183 g/mol. The van der Waals surface area contributed by atoms with Crippen molar-refractivity contribution in [3.8, 4) is 0 Å². The molecule has 2 aromatic rings. The van der Waals surface area contributed by atoms with Gasteiger partial charge in [-0.25, -0.2) is 4.98 Å². The van der Waals surface area contributed by atoms with Gasteiger partial charge < -0.3 is 0 Å². The van der Waals surface area contributed by atoms with E-state index in [4.69, 9.17) is 11.6 Å². The third-order valence-corrected chi connectivity index (χ3v) is 1.70. The minimum Gasteiger partial charge on any atom is -0.218 e. The Hall–Kier alpha value is -1.22. The number of para-hydroxylation sites is 1. The van der Waals surface area contributed by atoms with E-state index in [1.807, 2.05) is 0 Å². The number of halogens is 2. The molecule has 0 saturated carbocycles. The van der Waals surface area contributed by atoms with Gasteiger partial charge in [-0.15, -0.1) is 0 Å². The van der Waals surface area contributed by atoms with E-state index in [1.165, 1.54) is 0 Å². The van der Waals surface area contributed by atoms with Crippen LogP contribution in [0.2, 0.25) is 5.28 Å². The van der Waals surface area contributed by atoms with Crippen LogP contribution in [-0.4, -0.2) is 9.97 Å². The summed E-state index contributed by atoms with van der Waals surface area (Å²) in [6, 6.07) is 6.79. The monoisotopic (exact) mass is 182 g/mol. The van der Waals surface area contributed by atoms with Crippen molar-refractivity contribution >= 4 is 22.5 Å². The van der Waals surface area contributed by atoms with E-state index in [9.17, 15) is 4.39 Å². The summed E-state index contributed by atoms with van der Waals surface area (Å²) in [6.45, 7) is 0. The SMILES string of the molecule is Fc1nc(Cl)nc2ccccc12. The highest BCUT2D eigenvalue weighted by atomic mass is 35.5. The second-order valence-electron chi connectivity index (χ2n) is 2.30. The zero-order valence-electron chi connectivity index (χ0n) is 5.96. The molecule has 0 saturated heterocycles. The maximum atomic E-state index is 13.0. The van der Waals surface area contributed by atoms with Crippen molar-refractivity contribution in [3.63, 3.8) is 0 Å². The number of hydrogen-bond donors (Lipinski definition) is 0. The van der Waals surface area contributed by atoms with Crippen LogP contribution in [-0.2, 0) is 0 Å². The van der Waals surface area contributed by atoms with Gasteiger partial charge in [-0.3, -0.25) is 0 Å². The van der Waals surface area contributed by atoms with E-state index in [1.54, 1.807) is 24.3 Å². The molecule has 0 radical (unpaired) electrons. The molecule has 0 atom stereocenters. The zero-order valence-corrected chi connectivity index (χ0v) is 6.72. The fourth-order valence-electron chi connectivity index (χ4n) is 1.01. The minimum absolute atomic E-state index is 0.0637. The molecule has 1 aromatic carbocycles. The van der Waals surface area contributed by atoms with Gasteiger partial charge in [0.05, 0.1) is 10.9 Å². The van der Waals surface area contributed by atoms with E-state index in [-0.39, 0.29) is 5.28 Å². The van der Waals surface area contributed by atoms with Crippen molar-refractivity contribution in [2.24, 2.45) is 0 Å². The average Bonchev–Trinajstić information content (AvgIpc) is 2.04. The first-order valence-electron chi connectivity index (χ1n) is 3.35. The summed E-state index contributed by atoms with van der Waals surface area (Å²) in [5.74, 6) is -0.578. The predicted molar refractivity (Wildman–Crippen MR) is 44.5 cm³/mol. The third kappa shape index (κ3) is 1.12. The van der Waals surface area contributed by atoms with Crippen molar-refractivity contribution in [3.05, 3.63) is 35.5 Å². The molecule has 0 aliphatic heterocycles. The third-order valence-electron chi connectivity index (χ3n) is 1.53. The van der Waals surface area contributed by atoms with Gasteiger partial charge >= 0.3 is 0 Å². The van der Waals surface area contributed by atoms with Gasteiger partial charge in [0.1, 0.15) is 0 Å². The normalized spacial score (nSPS) is 10.5. The van der Waals surface area contributed by atoms with Gasteiger partial charge in [0.15, 0.2) is 0 Å². The number of aromatic nitrogens is 2. The van der Waals surface area contributed by atoms with Crippen molar-refractivity contribution in [2.75, 3.05) is 0 Å². The van der Waals surface area contributed by atoms with Crippen molar-refractivity contribution < 1.29 is 4.39 Å². The molecule has 0 aliphatic carbocycles. The summed E-state index contributed by atoms with van der Waals surface area (Å²) in [5, 5.41) is 0.327. The summed E-state index contributed by atoms with van der Waals surface area (Å²) < 4.78 is 13.0. The maximum absolute atomic E-state index is 13.0. The molecule has 2 nitrogen and oxygen atoms in total. The van der Waals surface area contributed by atoms with Crippen LogP contribution in [0.4, 0.5) is 4.39 Å². The molecule has 0 spiro atoms. The summed E-state index contributed by atoms with van der Waals surface area (Å²) in [5.41, 5.74) is 0.523. The molecular weight excluding hydrogens is 179 g/mol. The van der Waals surface area contributed by atoms with E-state index >= 15 is 0 Å². The molecule has 0 amide bonds. The van der Waals surface area contributed by atoms with Gasteiger partial charge in [0.25, 0.3) is 0 Å². The first-order valence-corrected chi connectivity index (χ1v) is 3.73. The highest BCUT2D eigenvalue weighted by Crippen LogP contribution is 2.15. The molecule has 60 valence electrons. The highest BCUT2D eigenvalue weighted by Gasteiger charge is 2.03. The van der Waals surface area contributed by atoms with Crippen LogP contribution in [0.5, 0.6) is 0 Å². The van der Waals surface area contributed by atoms with Crippen LogP contribution in [0.1, 0.15) is 0 Å². The molecule has 1 heterocycles. The first-order chi connectivity index (χ1) is 5.77. The topological polar surface area (TPSA) is 25.8 Å². The van der Waals surface area contributed by atoms with Crippen molar-refractivity contribution in [1.29, 1.82) is 0 Å². The Kier molecular flexibility index (Phi) is 1.66. The molecule has 12 heavy (non-hydrogen) atoms. The summed E-state index contributed by atoms with van der Waals surface area (Å²) in [7, 11) is 0. The van der Waals surface area contributed by atoms with Crippen LogP contribution in [0.15, 0.2) is 24.3 Å². The predicted octanol–water partition coefficient (Wildman–Crippen LogP) is 2.42. The van der Waals surface area contributed by atoms with Crippen LogP contribution in [0, 0.1) is 5.95 Å². The van der Waals surface area contributed by atoms with E-state index < -0.39 is 5.95 Å². The lowest BCUT2D eigenvalue weighted by Gasteiger charge is -1.96. The highest BCUT2D eigenvalue weighted by molar-refractivity contribution is 6.28. The Labute approximate surface area is 73.0 Å². The lowest BCUT2D eigenvalue weighted by molar-refractivity contribution is 0.594. The number of hydrogen-bond acceptors (Lipinski definition) is 2. The fraction of sp³-hybridized carbons (Fsp3) is 0. The summed E-state index contributed by atoms with van der Waals surface area (Å²) in [6.07, 6.45) is 0. The molecular formula is C8H4ClFN2. The Morgan fingerprint density at radius 1 is 1.17 bits per heavy atom. The first kappa shape index (κ1) is 7.43. The van der Waals surface area contributed by atoms with Crippen LogP contribution < -0.4 is 0 Å². The van der Waals surface area contributed by atoms with Gasteiger partial charge in [-0.05, 0) is 23.7 Å². The molecule has 0 N–H and O–H groups in total. The van der Waals surface area contributed by atoms with Gasteiger partial charge in [0.2, 0.25) is 11.2 Å². The summed E-state index contributed by atoms with van der Waals surface area (Å²) in [4.78, 5) is 7.24.